The predicted molar refractivity (Wildman–Crippen MR) is 93.6 cm³/mol. The molecule has 23 heavy (non-hydrogen) atoms. The molecule has 128 valence electrons. The SMILES string of the molecule is Cc1cccc([C@H](C)NC2CCCN(C(=O)OC(C)(C)C)C2)c1. The normalized spacial score (nSPS) is 20.2. The zero-order valence-corrected chi connectivity index (χ0v) is 15.1. The lowest BCUT2D eigenvalue weighted by Gasteiger charge is -2.35. The van der Waals surface area contributed by atoms with Gasteiger partial charge in [-0.05, 0) is 53.0 Å². The number of rotatable bonds is 3. The zero-order valence-electron chi connectivity index (χ0n) is 15.1. The zero-order chi connectivity index (χ0) is 17.0. The first-order valence-corrected chi connectivity index (χ1v) is 8.55. The summed E-state index contributed by atoms with van der Waals surface area (Å²) in [5.41, 5.74) is 2.13. The van der Waals surface area contributed by atoms with Gasteiger partial charge in [0.1, 0.15) is 5.60 Å². The fourth-order valence-corrected chi connectivity index (χ4v) is 2.99. The van der Waals surface area contributed by atoms with Crippen LogP contribution < -0.4 is 5.32 Å². The summed E-state index contributed by atoms with van der Waals surface area (Å²) in [6, 6.07) is 9.16. The van der Waals surface area contributed by atoms with Gasteiger partial charge in [-0.25, -0.2) is 4.79 Å². The van der Waals surface area contributed by atoms with E-state index in [1.165, 1.54) is 11.1 Å². The van der Waals surface area contributed by atoms with Crippen LogP contribution in [-0.2, 0) is 4.74 Å². The van der Waals surface area contributed by atoms with Crippen molar-refractivity contribution >= 4 is 6.09 Å². The number of benzene rings is 1. The van der Waals surface area contributed by atoms with E-state index >= 15 is 0 Å². The molecule has 0 aliphatic carbocycles. The first-order chi connectivity index (χ1) is 10.7. The average Bonchev–Trinajstić information content (AvgIpc) is 2.45. The Morgan fingerprint density at radius 2 is 2.13 bits per heavy atom. The molecule has 1 aromatic carbocycles. The van der Waals surface area contributed by atoms with E-state index in [1.54, 1.807) is 0 Å². The number of amides is 1. The molecule has 1 amide bonds. The van der Waals surface area contributed by atoms with Crippen molar-refractivity contribution in [2.45, 2.75) is 65.1 Å². The van der Waals surface area contributed by atoms with Crippen molar-refractivity contribution in [3.8, 4) is 0 Å². The monoisotopic (exact) mass is 318 g/mol. The molecular weight excluding hydrogens is 288 g/mol. The minimum Gasteiger partial charge on any atom is -0.444 e. The van der Waals surface area contributed by atoms with Crippen LogP contribution in [0.5, 0.6) is 0 Å². The Morgan fingerprint density at radius 1 is 1.39 bits per heavy atom. The molecule has 1 fully saturated rings. The number of carbonyl (C=O) groups is 1. The van der Waals surface area contributed by atoms with Gasteiger partial charge in [0, 0.05) is 25.2 Å². The number of hydrogen-bond acceptors (Lipinski definition) is 3. The predicted octanol–water partition coefficient (Wildman–Crippen LogP) is 4.05. The van der Waals surface area contributed by atoms with E-state index < -0.39 is 5.60 Å². The third kappa shape index (κ3) is 5.54. The van der Waals surface area contributed by atoms with Crippen molar-refractivity contribution in [1.29, 1.82) is 0 Å². The molecule has 1 aliphatic rings. The topological polar surface area (TPSA) is 41.6 Å². The third-order valence-corrected chi connectivity index (χ3v) is 4.10. The van der Waals surface area contributed by atoms with Gasteiger partial charge >= 0.3 is 6.09 Å². The number of nitrogens with one attached hydrogen (secondary N) is 1. The molecule has 1 aliphatic heterocycles. The van der Waals surface area contributed by atoms with Gasteiger partial charge in [-0.3, -0.25) is 0 Å². The molecule has 1 heterocycles. The van der Waals surface area contributed by atoms with Gasteiger partial charge in [0.05, 0.1) is 0 Å². The van der Waals surface area contributed by atoms with E-state index in [0.717, 1.165) is 19.4 Å². The molecule has 1 saturated heterocycles. The van der Waals surface area contributed by atoms with E-state index in [0.29, 0.717) is 12.6 Å². The van der Waals surface area contributed by atoms with Crippen LogP contribution in [-0.4, -0.2) is 35.7 Å². The number of likely N-dealkylation sites (tertiary alicyclic amines) is 1. The van der Waals surface area contributed by atoms with Gasteiger partial charge in [-0.1, -0.05) is 29.8 Å². The first kappa shape index (κ1) is 17.8. The van der Waals surface area contributed by atoms with Gasteiger partial charge in [0.15, 0.2) is 0 Å². The maximum atomic E-state index is 12.2. The van der Waals surface area contributed by atoms with E-state index in [-0.39, 0.29) is 12.1 Å². The smallest absolute Gasteiger partial charge is 0.410 e. The second-order valence-corrected chi connectivity index (χ2v) is 7.57. The van der Waals surface area contributed by atoms with Crippen LogP contribution in [0.1, 0.15) is 57.7 Å². The largest absolute Gasteiger partial charge is 0.444 e. The third-order valence-electron chi connectivity index (χ3n) is 4.10. The summed E-state index contributed by atoms with van der Waals surface area (Å²) in [7, 11) is 0. The molecule has 1 N–H and O–H groups in total. The summed E-state index contributed by atoms with van der Waals surface area (Å²) < 4.78 is 5.49. The summed E-state index contributed by atoms with van der Waals surface area (Å²) in [6.07, 6.45) is 1.90. The Kier molecular flexibility index (Phi) is 5.69. The molecule has 2 atom stereocenters. The molecule has 4 nitrogen and oxygen atoms in total. The Balaban J connectivity index is 1.92. The Hall–Kier alpha value is -1.55. The second-order valence-electron chi connectivity index (χ2n) is 7.57. The highest BCUT2D eigenvalue weighted by Gasteiger charge is 2.28. The Morgan fingerprint density at radius 3 is 2.78 bits per heavy atom. The molecule has 1 unspecified atom stereocenters. The van der Waals surface area contributed by atoms with Crippen LogP contribution in [0.4, 0.5) is 4.79 Å². The van der Waals surface area contributed by atoms with Crippen molar-refractivity contribution in [3.63, 3.8) is 0 Å². The molecule has 1 aromatic rings. The average molecular weight is 318 g/mol. The molecule has 0 bridgehead atoms. The molecular formula is C19H30N2O2. The van der Waals surface area contributed by atoms with Crippen molar-refractivity contribution in [1.82, 2.24) is 10.2 Å². The number of aryl methyl sites for hydroxylation is 1. The van der Waals surface area contributed by atoms with Crippen molar-refractivity contribution in [2.24, 2.45) is 0 Å². The number of carbonyl (C=O) groups excluding carboxylic acids is 1. The summed E-state index contributed by atoms with van der Waals surface area (Å²) in [6.45, 7) is 11.5. The number of hydrogen-bond donors (Lipinski definition) is 1. The van der Waals surface area contributed by atoms with Crippen LogP contribution in [0.2, 0.25) is 0 Å². The lowest BCUT2D eigenvalue weighted by molar-refractivity contribution is 0.0184. The molecule has 4 heteroatoms. The first-order valence-electron chi connectivity index (χ1n) is 8.55. The van der Waals surface area contributed by atoms with Crippen molar-refractivity contribution in [2.75, 3.05) is 13.1 Å². The van der Waals surface area contributed by atoms with Crippen LogP contribution in [0.25, 0.3) is 0 Å². The van der Waals surface area contributed by atoms with Crippen molar-refractivity contribution < 1.29 is 9.53 Å². The molecule has 0 spiro atoms. The standard InChI is InChI=1S/C19H30N2O2/c1-14-8-6-9-16(12-14)15(2)20-17-10-7-11-21(13-17)18(22)23-19(3,4)5/h6,8-9,12,15,17,20H,7,10-11,13H2,1-5H3/t15-,17?/m0/s1. The van der Waals surface area contributed by atoms with Gasteiger partial charge in [0.2, 0.25) is 0 Å². The number of ether oxygens (including phenoxy) is 1. The van der Waals surface area contributed by atoms with Crippen LogP contribution in [0.15, 0.2) is 24.3 Å². The fraction of sp³-hybridized carbons (Fsp3) is 0.632. The van der Waals surface area contributed by atoms with E-state index in [4.69, 9.17) is 4.74 Å². The van der Waals surface area contributed by atoms with E-state index in [2.05, 4.69) is 43.4 Å². The second kappa shape index (κ2) is 7.35. The summed E-state index contributed by atoms with van der Waals surface area (Å²) in [4.78, 5) is 14.1. The highest BCUT2D eigenvalue weighted by molar-refractivity contribution is 5.68. The van der Waals surface area contributed by atoms with E-state index in [1.807, 2.05) is 25.7 Å². The fourth-order valence-electron chi connectivity index (χ4n) is 2.99. The summed E-state index contributed by atoms with van der Waals surface area (Å²) in [5, 5.41) is 3.66. The van der Waals surface area contributed by atoms with Crippen LogP contribution in [0.3, 0.4) is 0 Å². The van der Waals surface area contributed by atoms with Gasteiger partial charge in [-0.15, -0.1) is 0 Å². The van der Waals surface area contributed by atoms with E-state index in [9.17, 15) is 4.79 Å². The van der Waals surface area contributed by atoms with Crippen LogP contribution >= 0.6 is 0 Å². The number of nitrogens with zero attached hydrogens (tertiary/aromatic N) is 1. The quantitative estimate of drug-likeness (QED) is 0.914. The minimum atomic E-state index is -0.438. The molecule has 0 radical (unpaired) electrons. The summed E-state index contributed by atoms with van der Waals surface area (Å²) >= 11 is 0. The molecule has 0 aromatic heterocycles. The van der Waals surface area contributed by atoms with Crippen LogP contribution in [0, 0.1) is 6.92 Å². The van der Waals surface area contributed by atoms with Gasteiger partial charge in [0.25, 0.3) is 0 Å². The lowest BCUT2D eigenvalue weighted by Crippen LogP contribution is -2.49. The Bertz CT molecular complexity index is 536. The Labute approximate surface area is 140 Å². The molecule has 2 rings (SSSR count). The highest BCUT2D eigenvalue weighted by Crippen LogP contribution is 2.19. The lowest BCUT2D eigenvalue weighted by atomic mass is 10.0. The molecule has 0 saturated carbocycles. The maximum Gasteiger partial charge on any atom is 0.410 e. The van der Waals surface area contributed by atoms with Gasteiger partial charge in [-0.2, -0.15) is 0 Å². The highest BCUT2D eigenvalue weighted by atomic mass is 16.6. The summed E-state index contributed by atoms with van der Waals surface area (Å²) in [5.74, 6) is 0. The van der Waals surface area contributed by atoms with Gasteiger partial charge < -0.3 is 15.0 Å². The number of piperidine rings is 1. The maximum absolute atomic E-state index is 12.2. The van der Waals surface area contributed by atoms with Crippen molar-refractivity contribution in [3.05, 3.63) is 35.4 Å². The minimum absolute atomic E-state index is 0.202.